The van der Waals surface area contributed by atoms with Crippen molar-refractivity contribution in [2.75, 3.05) is 28.7 Å². The predicted molar refractivity (Wildman–Crippen MR) is 134 cm³/mol. The van der Waals surface area contributed by atoms with Crippen LogP contribution in [0.15, 0.2) is 72.8 Å². The van der Waals surface area contributed by atoms with Gasteiger partial charge in [0, 0.05) is 37.3 Å². The van der Waals surface area contributed by atoms with Gasteiger partial charge in [0.1, 0.15) is 0 Å². The Hall–Kier alpha value is -4.73. The smallest absolute Gasteiger partial charge is 0.341 e. The van der Waals surface area contributed by atoms with Crippen LogP contribution in [0.5, 0.6) is 0 Å². The second-order valence-electron chi connectivity index (χ2n) is 8.12. The van der Waals surface area contributed by atoms with E-state index in [1.165, 1.54) is 12.1 Å². The second kappa shape index (κ2) is 11.1. The van der Waals surface area contributed by atoms with Crippen LogP contribution >= 0.6 is 0 Å². The average molecular weight is 489 g/mol. The maximum atomic E-state index is 12.8. The van der Waals surface area contributed by atoms with Crippen molar-refractivity contribution in [3.05, 3.63) is 94.0 Å². The first kappa shape index (κ1) is 24.4. The fourth-order valence-electron chi connectivity index (χ4n) is 3.87. The highest BCUT2D eigenvalue weighted by Gasteiger charge is 2.24. The minimum atomic E-state index is -0.882. The Morgan fingerprint density at radius 2 is 1.75 bits per heavy atom. The molecule has 1 aliphatic rings. The van der Waals surface area contributed by atoms with Crippen LogP contribution in [0.25, 0.3) is 0 Å². The molecule has 184 valence electrons. The van der Waals surface area contributed by atoms with Gasteiger partial charge in [-0.15, -0.1) is 0 Å². The third-order valence-electron chi connectivity index (χ3n) is 5.64. The fraction of sp³-hybridized carbons (Fsp3) is 0.192. The molecule has 10 heteroatoms. The first-order valence-electron chi connectivity index (χ1n) is 11.3. The summed E-state index contributed by atoms with van der Waals surface area (Å²) < 4.78 is 5.18. The van der Waals surface area contributed by atoms with E-state index in [0.717, 1.165) is 18.1 Å². The van der Waals surface area contributed by atoms with Gasteiger partial charge in [0.25, 0.3) is 11.6 Å². The highest BCUT2D eigenvalue weighted by atomic mass is 16.6. The Morgan fingerprint density at radius 1 is 1.00 bits per heavy atom. The fourth-order valence-corrected chi connectivity index (χ4v) is 3.87. The summed E-state index contributed by atoms with van der Waals surface area (Å²) in [6.45, 7) is 0.333. The van der Waals surface area contributed by atoms with E-state index >= 15 is 0 Å². The number of nitro benzene ring substituents is 1. The van der Waals surface area contributed by atoms with Crippen LogP contribution in [0.4, 0.5) is 22.7 Å². The van der Waals surface area contributed by atoms with Gasteiger partial charge in [0.2, 0.25) is 5.91 Å². The summed E-state index contributed by atoms with van der Waals surface area (Å²) in [5, 5.41) is 17.0. The van der Waals surface area contributed by atoms with E-state index in [1.807, 2.05) is 30.3 Å². The molecule has 2 N–H and O–H groups in total. The number of non-ortho nitro benzene ring substituents is 1. The number of nitro groups is 1. The average Bonchev–Trinajstić information content (AvgIpc) is 3.32. The number of ether oxygens (including phenoxy) is 1. The largest absolute Gasteiger partial charge is 0.452 e. The minimum absolute atomic E-state index is 0.0238. The van der Waals surface area contributed by atoms with E-state index in [2.05, 4.69) is 10.6 Å². The molecule has 3 aromatic carbocycles. The van der Waals surface area contributed by atoms with Crippen molar-refractivity contribution in [2.45, 2.75) is 19.4 Å². The summed E-state index contributed by atoms with van der Waals surface area (Å²) in [6.07, 6.45) is 1.19. The number of hydrogen-bond donors (Lipinski definition) is 2. The highest BCUT2D eigenvalue weighted by Crippen LogP contribution is 2.29. The molecule has 0 bridgehead atoms. The quantitative estimate of drug-likeness (QED) is 0.263. The monoisotopic (exact) mass is 488 g/mol. The standard InChI is InChI=1S/C26H24N4O6/c31-24(28-22-9-4-5-10-23(22)29-14-6-11-25(29)32)17-36-26(33)20-15-19(30(34)35)12-13-21(20)27-16-18-7-2-1-3-8-18/h1-5,7-10,12-13,15,27H,6,11,14,16-17H2,(H,28,31). The third-order valence-corrected chi connectivity index (χ3v) is 5.64. The highest BCUT2D eigenvalue weighted by molar-refractivity contribution is 6.03. The molecule has 1 fully saturated rings. The Balaban J connectivity index is 1.44. The zero-order chi connectivity index (χ0) is 25.5. The maximum Gasteiger partial charge on any atom is 0.341 e. The van der Waals surface area contributed by atoms with E-state index in [0.29, 0.717) is 36.6 Å². The van der Waals surface area contributed by atoms with Gasteiger partial charge in [-0.3, -0.25) is 19.7 Å². The molecule has 3 aromatic rings. The van der Waals surface area contributed by atoms with E-state index in [9.17, 15) is 24.5 Å². The van der Waals surface area contributed by atoms with Crippen LogP contribution in [0, 0.1) is 10.1 Å². The van der Waals surface area contributed by atoms with E-state index in [4.69, 9.17) is 4.74 Å². The van der Waals surface area contributed by atoms with Crippen LogP contribution < -0.4 is 15.5 Å². The Kier molecular flexibility index (Phi) is 7.54. The molecule has 4 rings (SSSR count). The first-order valence-corrected chi connectivity index (χ1v) is 11.3. The molecule has 0 aliphatic carbocycles. The molecule has 2 amide bonds. The molecular formula is C26H24N4O6. The molecule has 0 aromatic heterocycles. The lowest BCUT2D eigenvalue weighted by molar-refractivity contribution is -0.384. The van der Waals surface area contributed by atoms with Gasteiger partial charge < -0.3 is 20.3 Å². The Bertz CT molecular complexity index is 1290. The zero-order valence-electron chi connectivity index (χ0n) is 19.3. The minimum Gasteiger partial charge on any atom is -0.452 e. The lowest BCUT2D eigenvalue weighted by Crippen LogP contribution is -2.27. The number of nitrogens with one attached hydrogen (secondary N) is 2. The predicted octanol–water partition coefficient (Wildman–Crippen LogP) is 4.13. The van der Waals surface area contributed by atoms with Crippen LogP contribution in [-0.2, 0) is 20.9 Å². The number of anilines is 3. The molecule has 36 heavy (non-hydrogen) atoms. The van der Waals surface area contributed by atoms with Crippen molar-refractivity contribution in [3.63, 3.8) is 0 Å². The van der Waals surface area contributed by atoms with Crippen molar-refractivity contribution < 1.29 is 24.0 Å². The SMILES string of the molecule is O=C(COC(=O)c1cc([N+](=O)[O-])ccc1NCc1ccccc1)Nc1ccccc1N1CCCC1=O. The van der Waals surface area contributed by atoms with Crippen LogP contribution in [0.2, 0.25) is 0 Å². The normalized spacial score (nSPS) is 12.8. The zero-order valence-corrected chi connectivity index (χ0v) is 19.3. The van der Waals surface area contributed by atoms with Crippen LogP contribution in [0.1, 0.15) is 28.8 Å². The van der Waals surface area contributed by atoms with Crippen molar-refractivity contribution in [1.29, 1.82) is 0 Å². The topological polar surface area (TPSA) is 131 Å². The van der Waals surface area contributed by atoms with Gasteiger partial charge in [-0.05, 0) is 30.2 Å². The van der Waals surface area contributed by atoms with Crippen molar-refractivity contribution >= 4 is 40.5 Å². The summed E-state index contributed by atoms with van der Waals surface area (Å²) in [4.78, 5) is 49.7. The Labute approximate surface area is 207 Å². The van der Waals surface area contributed by atoms with Gasteiger partial charge in [-0.1, -0.05) is 42.5 Å². The van der Waals surface area contributed by atoms with Gasteiger partial charge >= 0.3 is 5.97 Å². The number of benzene rings is 3. The summed E-state index contributed by atoms with van der Waals surface area (Å²) in [7, 11) is 0. The number of nitrogens with zero attached hydrogens (tertiary/aromatic N) is 2. The third kappa shape index (κ3) is 5.84. The van der Waals surface area contributed by atoms with E-state index in [-0.39, 0.29) is 17.2 Å². The molecule has 0 radical (unpaired) electrons. The molecular weight excluding hydrogens is 464 g/mol. The van der Waals surface area contributed by atoms with Gasteiger partial charge in [0.15, 0.2) is 6.61 Å². The number of para-hydroxylation sites is 2. The summed E-state index contributed by atoms with van der Waals surface area (Å²) in [6, 6.07) is 20.1. The Morgan fingerprint density at radius 3 is 2.47 bits per heavy atom. The van der Waals surface area contributed by atoms with Crippen molar-refractivity contribution in [2.24, 2.45) is 0 Å². The maximum absolute atomic E-state index is 12.8. The number of esters is 1. The van der Waals surface area contributed by atoms with Crippen molar-refractivity contribution in [3.8, 4) is 0 Å². The number of rotatable bonds is 9. The molecule has 0 spiro atoms. The van der Waals surface area contributed by atoms with Crippen LogP contribution in [0.3, 0.4) is 0 Å². The van der Waals surface area contributed by atoms with E-state index in [1.54, 1.807) is 29.2 Å². The number of hydrogen-bond acceptors (Lipinski definition) is 7. The molecule has 1 heterocycles. The van der Waals surface area contributed by atoms with Gasteiger partial charge in [0.05, 0.1) is 21.9 Å². The van der Waals surface area contributed by atoms with E-state index < -0.39 is 23.4 Å². The molecule has 10 nitrogen and oxygen atoms in total. The number of carbonyl (C=O) groups excluding carboxylic acids is 3. The molecule has 1 aliphatic heterocycles. The summed E-state index contributed by atoms with van der Waals surface area (Å²) in [5.41, 5.74) is 1.95. The van der Waals surface area contributed by atoms with Crippen molar-refractivity contribution in [1.82, 2.24) is 0 Å². The van der Waals surface area contributed by atoms with Gasteiger partial charge in [-0.2, -0.15) is 0 Å². The lowest BCUT2D eigenvalue weighted by atomic mass is 10.1. The molecule has 0 saturated carbocycles. The molecule has 1 saturated heterocycles. The second-order valence-corrected chi connectivity index (χ2v) is 8.12. The lowest BCUT2D eigenvalue weighted by Gasteiger charge is -2.20. The number of carbonyl (C=O) groups is 3. The molecule has 0 atom stereocenters. The van der Waals surface area contributed by atoms with Crippen LogP contribution in [-0.4, -0.2) is 35.9 Å². The summed E-state index contributed by atoms with van der Waals surface area (Å²) >= 11 is 0. The van der Waals surface area contributed by atoms with Gasteiger partial charge in [-0.25, -0.2) is 4.79 Å². The first-order chi connectivity index (χ1) is 17.4. The molecule has 0 unspecified atom stereocenters. The summed E-state index contributed by atoms with van der Waals surface area (Å²) in [5.74, 6) is -1.51. The number of amides is 2.